The van der Waals surface area contributed by atoms with Gasteiger partial charge in [-0.2, -0.15) is 5.10 Å². The first-order valence-electron chi connectivity index (χ1n) is 8.58. The smallest absolute Gasteiger partial charge is 0.0697 e. The van der Waals surface area contributed by atoms with E-state index in [9.17, 15) is 0 Å². The molecule has 130 valence electrons. The Bertz CT molecular complexity index is 942. The van der Waals surface area contributed by atoms with Crippen LogP contribution in [-0.2, 0) is 6.54 Å². The fourth-order valence-electron chi connectivity index (χ4n) is 2.89. The molecule has 2 aromatic carbocycles. The number of hydrogen-bond donors (Lipinski definition) is 2. The van der Waals surface area contributed by atoms with Crippen molar-refractivity contribution in [2.45, 2.75) is 19.5 Å². The largest absolute Gasteiger partial charge is 0.306 e. The molecule has 6 heteroatoms. The summed E-state index contributed by atoms with van der Waals surface area (Å²) in [6, 6.07) is 19.0. The van der Waals surface area contributed by atoms with E-state index in [4.69, 9.17) is 0 Å². The Kier molecular flexibility index (Phi) is 4.57. The Labute approximate surface area is 151 Å². The van der Waals surface area contributed by atoms with E-state index in [1.54, 1.807) is 17.1 Å². The molecular weight excluding hydrogens is 324 g/mol. The first-order valence-corrected chi connectivity index (χ1v) is 8.58. The molecule has 1 unspecified atom stereocenters. The van der Waals surface area contributed by atoms with Gasteiger partial charge in [-0.15, -0.1) is 5.10 Å². The summed E-state index contributed by atoms with van der Waals surface area (Å²) in [5.74, 6) is 0. The third kappa shape index (κ3) is 3.55. The van der Waals surface area contributed by atoms with E-state index in [1.165, 1.54) is 11.1 Å². The fraction of sp³-hybridized carbons (Fsp3) is 0.150. The van der Waals surface area contributed by atoms with Crippen LogP contribution in [0.4, 0.5) is 0 Å². The molecule has 4 rings (SSSR count). The molecule has 0 fully saturated rings. The minimum absolute atomic E-state index is 0.228. The number of nitrogens with zero attached hydrogens (tertiary/aromatic N) is 4. The van der Waals surface area contributed by atoms with Crippen LogP contribution in [-0.4, -0.2) is 25.2 Å². The van der Waals surface area contributed by atoms with Gasteiger partial charge in [0.25, 0.3) is 0 Å². The summed E-state index contributed by atoms with van der Waals surface area (Å²) in [4.78, 5) is 0. The van der Waals surface area contributed by atoms with Gasteiger partial charge >= 0.3 is 0 Å². The topological polar surface area (TPSA) is 71.4 Å². The molecular formula is C20H20N6. The lowest BCUT2D eigenvalue weighted by molar-refractivity contribution is 0.574. The zero-order valence-electron chi connectivity index (χ0n) is 14.5. The lowest BCUT2D eigenvalue weighted by Crippen LogP contribution is -2.18. The summed E-state index contributed by atoms with van der Waals surface area (Å²) in [6.07, 6.45) is 5.29. The van der Waals surface area contributed by atoms with Crippen LogP contribution in [0.5, 0.6) is 0 Å². The van der Waals surface area contributed by atoms with E-state index in [2.05, 4.69) is 69.1 Å². The average molecular weight is 344 g/mol. The SMILES string of the molecule is CC(NCc1ccc(-c2ccn[nH]2)cc1)c1cccc(-n2ccnn2)c1. The molecule has 0 saturated carbocycles. The van der Waals surface area contributed by atoms with Gasteiger partial charge in [0.05, 0.1) is 23.8 Å². The molecule has 2 heterocycles. The van der Waals surface area contributed by atoms with Crippen molar-refractivity contribution in [1.29, 1.82) is 0 Å². The first kappa shape index (κ1) is 16.2. The number of rotatable bonds is 6. The summed E-state index contributed by atoms with van der Waals surface area (Å²) < 4.78 is 1.77. The zero-order chi connectivity index (χ0) is 17.8. The van der Waals surface area contributed by atoms with Crippen LogP contribution in [0.2, 0.25) is 0 Å². The van der Waals surface area contributed by atoms with Crippen LogP contribution < -0.4 is 5.32 Å². The molecule has 0 aliphatic heterocycles. The Morgan fingerprint density at radius 3 is 2.69 bits per heavy atom. The van der Waals surface area contributed by atoms with E-state index in [0.29, 0.717) is 0 Å². The zero-order valence-corrected chi connectivity index (χ0v) is 14.5. The van der Waals surface area contributed by atoms with Crippen LogP contribution in [0, 0.1) is 0 Å². The molecule has 6 nitrogen and oxygen atoms in total. The van der Waals surface area contributed by atoms with Gasteiger partial charge in [-0.1, -0.05) is 41.6 Å². The molecule has 2 N–H and O–H groups in total. The van der Waals surface area contributed by atoms with Gasteiger partial charge in [0.15, 0.2) is 0 Å². The summed E-state index contributed by atoms with van der Waals surface area (Å²) in [6.45, 7) is 2.97. The number of aromatic nitrogens is 5. The van der Waals surface area contributed by atoms with Crippen molar-refractivity contribution in [3.8, 4) is 16.9 Å². The number of H-pyrrole nitrogens is 1. The molecule has 1 atom stereocenters. The van der Waals surface area contributed by atoms with Crippen molar-refractivity contribution in [1.82, 2.24) is 30.5 Å². The van der Waals surface area contributed by atoms with Gasteiger partial charge in [-0.3, -0.25) is 5.10 Å². The second kappa shape index (κ2) is 7.33. The molecule has 4 aromatic rings. The Morgan fingerprint density at radius 2 is 1.96 bits per heavy atom. The van der Waals surface area contributed by atoms with Crippen molar-refractivity contribution in [2.24, 2.45) is 0 Å². The highest BCUT2D eigenvalue weighted by molar-refractivity contribution is 5.58. The normalized spacial score (nSPS) is 12.2. The number of aromatic amines is 1. The maximum Gasteiger partial charge on any atom is 0.0697 e. The van der Waals surface area contributed by atoms with Crippen LogP contribution in [0.25, 0.3) is 16.9 Å². The molecule has 0 radical (unpaired) electrons. The minimum atomic E-state index is 0.228. The van der Waals surface area contributed by atoms with Gasteiger partial charge in [-0.05, 0) is 41.8 Å². The molecule has 0 saturated heterocycles. The lowest BCUT2D eigenvalue weighted by atomic mass is 10.1. The van der Waals surface area contributed by atoms with E-state index in [-0.39, 0.29) is 6.04 Å². The van der Waals surface area contributed by atoms with Gasteiger partial charge in [0.1, 0.15) is 0 Å². The number of benzene rings is 2. The van der Waals surface area contributed by atoms with Gasteiger partial charge in [0.2, 0.25) is 0 Å². The maximum atomic E-state index is 4.05. The highest BCUT2D eigenvalue weighted by Crippen LogP contribution is 2.19. The van der Waals surface area contributed by atoms with Crippen LogP contribution in [0.3, 0.4) is 0 Å². The third-order valence-electron chi connectivity index (χ3n) is 4.44. The van der Waals surface area contributed by atoms with Crippen LogP contribution >= 0.6 is 0 Å². The Hall–Kier alpha value is -3.25. The quantitative estimate of drug-likeness (QED) is 0.561. The second-order valence-corrected chi connectivity index (χ2v) is 6.21. The summed E-state index contributed by atoms with van der Waals surface area (Å²) >= 11 is 0. The van der Waals surface area contributed by atoms with Gasteiger partial charge < -0.3 is 5.32 Å². The molecule has 0 aliphatic carbocycles. The number of hydrogen-bond acceptors (Lipinski definition) is 4. The maximum absolute atomic E-state index is 4.05. The van der Waals surface area contributed by atoms with Crippen molar-refractivity contribution in [3.63, 3.8) is 0 Å². The summed E-state index contributed by atoms with van der Waals surface area (Å²) in [5, 5.41) is 18.5. The average Bonchev–Trinajstić information content (AvgIpc) is 3.40. The molecule has 2 aromatic heterocycles. The highest BCUT2D eigenvalue weighted by atomic mass is 15.4. The van der Waals surface area contributed by atoms with Crippen molar-refractivity contribution >= 4 is 0 Å². The molecule has 0 aliphatic rings. The lowest BCUT2D eigenvalue weighted by Gasteiger charge is -2.15. The van der Waals surface area contributed by atoms with Crippen LogP contribution in [0.1, 0.15) is 24.1 Å². The summed E-state index contributed by atoms with van der Waals surface area (Å²) in [7, 11) is 0. The predicted octanol–water partition coefficient (Wildman–Crippen LogP) is 3.51. The molecule has 26 heavy (non-hydrogen) atoms. The van der Waals surface area contributed by atoms with E-state index >= 15 is 0 Å². The van der Waals surface area contributed by atoms with Crippen LogP contribution in [0.15, 0.2) is 73.2 Å². The monoisotopic (exact) mass is 344 g/mol. The Balaban J connectivity index is 1.41. The standard InChI is InChI=1S/C20H20N6/c1-15(18-3-2-4-19(13-18)26-12-11-23-25-26)21-14-16-5-7-17(8-6-16)20-9-10-22-24-20/h2-13,15,21H,14H2,1H3,(H,22,24). The predicted molar refractivity (Wildman–Crippen MR) is 101 cm³/mol. The third-order valence-corrected chi connectivity index (χ3v) is 4.44. The van der Waals surface area contributed by atoms with Gasteiger partial charge in [0, 0.05) is 18.8 Å². The fourth-order valence-corrected chi connectivity index (χ4v) is 2.89. The second-order valence-electron chi connectivity index (χ2n) is 6.21. The first-order chi connectivity index (χ1) is 12.8. The molecule has 0 bridgehead atoms. The molecule has 0 spiro atoms. The van der Waals surface area contributed by atoms with Gasteiger partial charge in [-0.25, -0.2) is 4.68 Å². The highest BCUT2D eigenvalue weighted by Gasteiger charge is 2.07. The summed E-state index contributed by atoms with van der Waals surface area (Å²) in [5.41, 5.74) is 5.64. The van der Waals surface area contributed by atoms with E-state index in [0.717, 1.165) is 23.5 Å². The van der Waals surface area contributed by atoms with E-state index in [1.807, 2.05) is 24.4 Å². The Morgan fingerprint density at radius 1 is 1.08 bits per heavy atom. The van der Waals surface area contributed by atoms with E-state index < -0.39 is 0 Å². The van der Waals surface area contributed by atoms with Crippen molar-refractivity contribution < 1.29 is 0 Å². The number of nitrogens with one attached hydrogen (secondary N) is 2. The minimum Gasteiger partial charge on any atom is -0.306 e. The van der Waals surface area contributed by atoms with Crippen molar-refractivity contribution in [3.05, 3.63) is 84.3 Å². The van der Waals surface area contributed by atoms with Crippen molar-refractivity contribution in [2.75, 3.05) is 0 Å². The molecule has 0 amide bonds.